The van der Waals surface area contributed by atoms with E-state index in [1.807, 2.05) is 20.8 Å². The first kappa shape index (κ1) is 14.0. The van der Waals surface area contributed by atoms with Crippen LogP contribution in [-0.2, 0) is 4.74 Å². The lowest BCUT2D eigenvalue weighted by molar-refractivity contribution is 0.00737. The minimum Gasteiger partial charge on any atom is -0.444 e. The molecule has 0 aromatic carbocycles. The van der Waals surface area contributed by atoms with E-state index in [0.29, 0.717) is 6.54 Å². The second-order valence-corrected chi connectivity index (χ2v) is 7.79. The van der Waals surface area contributed by atoms with E-state index < -0.39 is 5.60 Å². The fraction of sp³-hybridized carbons (Fsp3) is 0.909. The molecule has 1 saturated heterocycles. The Labute approximate surface area is 111 Å². The second-order valence-electron chi connectivity index (χ2n) is 5.47. The molecule has 1 aliphatic rings. The van der Waals surface area contributed by atoms with Crippen molar-refractivity contribution >= 4 is 28.7 Å². The molecule has 0 N–H and O–H groups in total. The summed E-state index contributed by atoms with van der Waals surface area (Å²) in [5.41, 5.74) is -0.415. The largest absolute Gasteiger partial charge is 0.444 e. The van der Waals surface area contributed by atoms with Crippen LogP contribution in [0, 0.1) is 0 Å². The van der Waals surface area contributed by atoms with Crippen LogP contribution in [0.4, 0.5) is 4.79 Å². The van der Waals surface area contributed by atoms with Crippen molar-refractivity contribution in [1.29, 1.82) is 0 Å². The van der Waals surface area contributed by atoms with Crippen LogP contribution >= 0.6 is 22.6 Å². The molecule has 0 aromatic heterocycles. The van der Waals surface area contributed by atoms with Gasteiger partial charge in [-0.05, 0) is 34.7 Å². The highest BCUT2D eigenvalue weighted by Crippen LogP contribution is 2.27. The molecule has 0 bridgehead atoms. The number of piperazine rings is 1. The first-order valence-corrected chi connectivity index (χ1v) is 6.58. The van der Waals surface area contributed by atoms with Gasteiger partial charge in [0.05, 0.1) is 10.1 Å². The Balaban J connectivity index is 2.60. The fourth-order valence-corrected chi connectivity index (χ4v) is 2.19. The summed E-state index contributed by atoms with van der Waals surface area (Å²) in [7, 11) is 2.08. The average Bonchev–Trinajstić information content (AvgIpc) is 2.06. The monoisotopic (exact) mass is 340 g/mol. The molecule has 1 aliphatic heterocycles. The van der Waals surface area contributed by atoms with Gasteiger partial charge in [0.25, 0.3) is 0 Å². The highest BCUT2D eigenvalue weighted by atomic mass is 127. The molecule has 1 rings (SSSR count). The minimum absolute atomic E-state index is 0.00703. The molecule has 0 aliphatic carbocycles. The molecular weight excluding hydrogens is 319 g/mol. The average molecular weight is 340 g/mol. The number of amides is 1. The fourth-order valence-electron chi connectivity index (χ4n) is 1.53. The van der Waals surface area contributed by atoms with Crippen LogP contribution in [0.25, 0.3) is 0 Å². The third-order valence-corrected chi connectivity index (χ3v) is 3.80. The van der Waals surface area contributed by atoms with Crippen molar-refractivity contribution in [2.75, 3.05) is 26.7 Å². The van der Waals surface area contributed by atoms with Gasteiger partial charge in [-0.2, -0.15) is 0 Å². The molecule has 0 spiro atoms. The van der Waals surface area contributed by atoms with Gasteiger partial charge in [-0.25, -0.2) is 4.79 Å². The number of hydrogen-bond donors (Lipinski definition) is 0. The van der Waals surface area contributed by atoms with Crippen LogP contribution < -0.4 is 0 Å². The Kier molecular flexibility index (Phi) is 4.10. The van der Waals surface area contributed by atoms with Crippen molar-refractivity contribution in [3.8, 4) is 0 Å². The summed E-state index contributed by atoms with van der Waals surface area (Å²) < 4.78 is 5.36. The molecule has 5 heteroatoms. The lowest BCUT2D eigenvalue weighted by Gasteiger charge is -2.43. The normalized spacial score (nSPS) is 28.0. The van der Waals surface area contributed by atoms with E-state index in [1.165, 1.54) is 0 Å². The quantitative estimate of drug-likeness (QED) is 0.385. The van der Waals surface area contributed by atoms with Crippen molar-refractivity contribution in [1.82, 2.24) is 9.80 Å². The number of halogens is 1. The summed E-state index contributed by atoms with van der Waals surface area (Å²) in [6.45, 7) is 10.1. The predicted octanol–water partition coefficient (Wildman–Crippen LogP) is 2.32. The van der Waals surface area contributed by atoms with Gasteiger partial charge in [0.15, 0.2) is 0 Å². The first-order valence-electron chi connectivity index (χ1n) is 5.50. The lowest BCUT2D eigenvalue weighted by atomic mass is 10.2. The zero-order valence-electron chi connectivity index (χ0n) is 10.7. The Morgan fingerprint density at radius 1 is 1.38 bits per heavy atom. The van der Waals surface area contributed by atoms with Crippen LogP contribution in [0.15, 0.2) is 0 Å². The van der Waals surface area contributed by atoms with Crippen molar-refractivity contribution in [3.63, 3.8) is 0 Å². The molecule has 0 saturated carbocycles. The van der Waals surface area contributed by atoms with Gasteiger partial charge in [0.1, 0.15) is 5.60 Å². The number of carbonyl (C=O) groups excluding carboxylic acids is 1. The van der Waals surface area contributed by atoms with Crippen LogP contribution in [-0.4, -0.2) is 51.7 Å². The van der Waals surface area contributed by atoms with Crippen LogP contribution in [0.3, 0.4) is 0 Å². The van der Waals surface area contributed by atoms with Crippen LogP contribution in [0.5, 0.6) is 0 Å². The van der Waals surface area contributed by atoms with Gasteiger partial charge in [0, 0.05) is 13.1 Å². The van der Waals surface area contributed by atoms with E-state index >= 15 is 0 Å². The highest BCUT2D eigenvalue weighted by Gasteiger charge is 2.36. The van der Waals surface area contributed by atoms with Gasteiger partial charge in [-0.1, -0.05) is 22.6 Å². The molecular formula is C11H21IN2O2. The van der Waals surface area contributed by atoms with Crippen molar-refractivity contribution < 1.29 is 9.53 Å². The zero-order chi connectivity index (χ0) is 12.6. The molecule has 16 heavy (non-hydrogen) atoms. The van der Waals surface area contributed by atoms with Gasteiger partial charge < -0.3 is 9.64 Å². The first-order chi connectivity index (χ1) is 7.12. The third kappa shape index (κ3) is 3.76. The maximum absolute atomic E-state index is 11.9. The van der Waals surface area contributed by atoms with E-state index in [2.05, 4.69) is 41.5 Å². The number of carbonyl (C=O) groups is 1. The van der Waals surface area contributed by atoms with E-state index in [-0.39, 0.29) is 9.64 Å². The minimum atomic E-state index is -0.415. The molecule has 1 fully saturated rings. The molecule has 1 heterocycles. The number of hydrogen-bond acceptors (Lipinski definition) is 3. The molecule has 0 unspecified atom stereocenters. The Morgan fingerprint density at radius 2 is 1.94 bits per heavy atom. The summed E-state index contributed by atoms with van der Waals surface area (Å²) in [4.78, 5) is 15.9. The number of nitrogens with zero attached hydrogens (tertiary/aromatic N) is 2. The molecule has 4 nitrogen and oxygen atoms in total. The van der Waals surface area contributed by atoms with Gasteiger partial charge in [-0.15, -0.1) is 0 Å². The number of ether oxygens (including phenoxy) is 1. The van der Waals surface area contributed by atoms with E-state index in [9.17, 15) is 4.79 Å². The molecule has 1 amide bonds. The summed E-state index contributed by atoms with van der Waals surface area (Å²) in [6.07, 6.45) is -0.205. The highest BCUT2D eigenvalue weighted by molar-refractivity contribution is 14.1. The van der Waals surface area contributed by atoms with Crippen LogP contribution in [0.1, 0.15) is 27.7 Å². The van der Waals surface area contributed by atoms with Crippen molar-refractivity contribution in [2.45, 2.75) is 36.8 Å². The van der Waals surface area contributed by atoms with Crippen molar-refractivity contribution in [2.24, 2.45) is 0 Å². The van der Waals surface area contributed by atoms with Gasteiger partial charge in [0.2, 0.25) is 0 Å². The molecule has 1 atom stereocenters. The molecule has 0 radical (unpaired) electrons. The summed E-state index contributed by atoms with van der Waals surface area (Å²) >= 11 is 2.38. The van der Waals surface area contributed by atoms with Gasteiger partial charge in [-0.3, -0.25) is 4.90 Å². The van der Waals surface area contributed by atoms with Crippen molar-refractivity contribution in [3.05, 3.63) is 0 Å². The maximum Gasteiger partial charge on any atom is 0.410 e. The number of rotatable bonds is 0. The summed E-state index contributed by atoms with van der Waals surface area (Å²) in [5.74, 6) is 0. The van der Waals surface area contributed by atoms with Crippen LogP contribution in [0.2, 0.25) is 0 Å². The lowest BCUT2D eigenvalue weighted by Crippen LogP contribution is -2.57. The Bertz CT molecular complexity index is 274. The predicted molar refractivity (Wildman–Crippen MR) is 72.9 cm³/mol. The summed E-state index contributed by atoms with van der Waals surface area (Å²) in [5, 5.41) is 0. The van der Waals surface area contributed by atoms with E-state index in [4.69, 9.17) is 4.74 Å². The number of likely N-dealkylation sites (N-methyl/N-ethyl adjacent to an activating group) is 1. The molecule has 94 valence electrons. The third-order valence-electron chi connectivity index (χ3n) is 2.63. The Morgan fingerprint density at radius 3 is 2.38 bits per heavy atom. The Hall–Kier alpha value is -0.0400. The maximum atomic E-state index is 11.9. The summed E-state index contributed by atoms with van der Waals surface area (Å²) in [6, 6.07) is 0. The second kappa shape index (κ2) is 4.68. The smallest absolute Gasteiger partial charge is 0.410 e. The van der Waals surface area contributed by atoms with Gasteiger partial charge >= 0.3 is 6.09 Å². The molecule has 0 aromatic rings. The van der Waals surface area contributed by atoms with E-state index in [0.717, 1.165) is 13.1 Å². The SMILES string of the molecule is CN1CCN(C(=O)OC(C)(C)C)C[C@]1(C)I. The topological polar surface area (TPSA) is 32.8 Å². The van der Waals surface area contributed by atoms with E-state index in [1.54, 1.807) is 4.90 Å². The standard InChI is InChI=1S/C11H21IN2O2/c1-10(2,3)16-9(15)14-7-6-13(5)11(4,12)8-14/h6-8H2,1-5H3/t11-/m1/s1. The zero-order valence-corrected chi connectivity index (χ0v) is 12.9. The number of alkyl halides is 1.